The zero-order valence-electron chi connectivity index (χ0n) is 10.8. The van der Waals surface area contributed by atoms with Crippen LogP contribution in [0.4, 0.5) is 5.69 Å². The SMILES string of the molecule is O=C(COC(=O)C1CCCC1)Nc1ccc(Cl)cc1Cl. The van der Waals surface area contributed by atoms with Gasteiger partial charge in [-0.15, -0.1) is 0 Å². The number of carbonyl (C=O) groups is 2. The van der Waals surface area contributed by atoms with Crippen LogP contribution < -0.4 is 5.32 Å². The first-order valence-corrected chi connectivity index (χ1v) is 7.23. The van der Waals surface area contributed by atoms with Gasteiger partial charge in [0.2, 0.25) is 0 Å². The normalized spacial score (nSPS) is 15.1. The summed E-state index contributed by atoms with van der Waals surface area (Å²) in [6.45, 7) is -0.297. The predicted molar refractivity (Wildman–Crippen MR) is 78.0 cm³/mol. The highest BCUT2D eigenvalue weighted by atomic mass is 35.5. The molecule has 1 aliphatic carbocycles. The third-order valence-electron chi connectivity index (χ3n) is 3.24. The predicted octanol–water partition coefficient (Wildman–Crippen LogP) is 3.67. The molecule has 0 spiro atoms. The summed E-state index contributed by atoms with van der Waals surface area (Å²) in [5.74, 6) is -0.762. The van der Waals surface area contributed by atoms with Crippen LogP contribution in [0.25, 0.3) is 0 Å². The van der Waals surface area contributed by atoms with Crippen molar-refractivity contribution in [3.05, 3.63) is 28.2 Å². The fourth-order valence-corrected chi connectivity index (χ4v) is 2.65. The third kappa shape index (κ3) is 4.12. The number of halogens is 2. The monoisotopic (exact) mass is 315 g/mol. The van der Waals surface area contributed by atoms with Crippen molar-refractivity contribution in [2.45, 2.75) is 25.7 Å². The highest BCUT2D eigenvalue weighted by Crippen LogP contribution is 2.26. The molecule has 108 valence electrons. The number of nitrogens with one attached hydrogen (secondary N) is 1. The van der Waals surface area contributed by atoms with Crippen LogP contribution in [0.1, 0.15) is 25.7 Å². The van der Waals surface area contributed by atoms with Gasteiger partial charge < -0.3 is 10.1 Å². The molecule has 1 fully saturated rings. The summed E-state index contributed by atoms with van der Waals surface area (Å²) in [7, 11) is 0. The first-order chi connectivity index (χ1) is 9.56. The van der Waals surface area contributed by atoms with E-state index in [-0.39, 0.29) is 18.5 Å². The Bertz CT molecular complexity index is 513. The first-order valence-electron chi connectivity index (χ1n) is 6.48. The minimum atomic E-state index is -0.416. The number of amides is 1. The summed E-state index contributed by atoms with van der Waals surface area (Å²) >= 11 is 11.7. The van der Waals surface area contributed by atoms with Crippen LogP contribution in [0.3, 0.4) is 0 Å². The van der Waals surface area contributed by atoms with E-state index in [0.29, 0.717) is 15.7 Å². The van der Waals surface area contributed by atoms with Crippen molar-refractivity contribution in [1.29, 1.82) is 0 Å². The highest BCUT2D eigenvalue weighted by molar-refractivity contribution is 6.36. The number of rotatable bonds is 4. The van der Waals surface area contributed by atoms with E-state index in [1.807, 2.05) is 0 Å². The molecule has 0 bridgehead atoms. The Kier molecular flexibility index (Phi) is 5.26. The molecule has 6 heteroatoms. The number of hydrogen-bond acceptors (Lipinski definition) is 3. The number of benzene rings is 1. The topological polar surface area (TPSA) is 55.4 Å². The molecule has 0 atom stereocenters. The van der Waals surface area contributed by atoms with Gasteiger partial charge >= 0.3 is 5.97 Å². The largest absolute Gasteiger partial charge is 0.455 e. The molecule has 0 aliphatic heterocycles. The number of esters is 1. The number of ether oxygens (including phenoxy) is 1. The lowest BCUT2D eigenvalue weighted by molar-refractivity contribution is -0.151. The van der Waals surface area contributed by atoms with Crippen LogP contribution >= 0.6 is 23.2 Å². The van der Waals surface area contributed by atoms with Gasteiger partial charge in [-0.25, -0.2) is 0 Å². The Balaban J connectivity index is 1.81. The van der Waals surface area contributed by atoms with Crippen LogP contribution in [0.5, 0.6) is 0 Å². The molecule has 2 rings (SSSR count). The lowest BCUT2D eigenvalue weighted by atomic mass is 10.1. The highest BCUT2D eigenvalue weighted by Gasteiger charge is 2.24. The zero-order valence-corrected chi connectivity index (χ0v) is 12.3. The second-order valence-electron chi connectivity index (χ2n) is 4.76. The zero-order chi connectivity index (χ0) is 14.5. The van der Waals surface area contributed by atoms with Crippen LogP contribution in [0.2, 0.25) is 10.0 Å². The van der Waals surface area contributed by atoms with E-state index in [1.54, 1.807) is 12.1 Å². The minimum Gasteiger partial charge on any atom is -0.455 e. The smallest absolute Gasteiger partial charge is 0.309 e. The van der Waals surface area contributed by atoms with Gasteiger partial charge in [-0.2, -0.15) is 0 Å². The van der Waals surface area contributed by atoms with Crippen molar-refractivity contribution in [3.63, 3.8) is 0 Å². The van der Waals surface area contributed by atoms with Crippen molar-refractivity contribution in [2.75, 3.05) is 11.9 Å². The molecule has 1 aliphatic rings. The van der Waals surface area contributed by atoms with Gasteiger partial charge in [-0.05, 0) is 31.0 Å². The van der Waals surface area contributed by atoms with E-state index in [1.165, 1.54) is 6.07 Å². The van der Waals surface area contributed by atoms with Crippen molar-refractivity contribution in [2.24, 2.45) is 5.92 Å². The Morgan fingerprint density at radius 2 is 1.95 bits per heavy atom. The lowest BCUT2D eigenvalue weighted by Gasteiger charge is -2.10. The van der Waals surface area contributed by atoms with Crippen molar-refractivity contribution in [1.82, 2.24) is 0 Å². The fourth-order valence-electron chi connectivity index (χ4n) is 2.19. The number of anilines is 1. The van der Waals surface area contributed by atoms with Gasteiger partial charge in [0, 0.05) is 5.02 Å². The molecule has 1 N–H and O–H groups in total. The summed E-state index contributed by atoms with van der Waals surface area (Å²) in [5.41, 5.74) is 0.443. The maximum atomic E-state index is 11.7. The molecule has 0 heterocycles. The summed E-state index contributed by atoms with van der Waals surface area (Å²) in [6, 6.07) is 4.75. The standard InChI is InChI=1S/C14H15Cl2NO3/c15-10-5-6-12(11(16)7-10)17-13(18)8-20-14(19)9-3-1-2-4-9/h5-7,9H,1-4,8H2,(H,17,18). The van der Waals surface area contributed by atoms with E-state index in [4.69, 9.17) is 27.9 Å². The Morgan fingerprint density at radius 1 is 1.25 bits per heavy atom. The molecule has 20 heavy (non-hydrogen) atoms. The fraction of sp³-hybridized carbons (Fsp3) is 0.429. The Labute approximate surface area is 127 Å². The van der Waals surface area contributed by atoms with E-state index in [0.717, 1.165) is 25.7 Å². The van der Waals surface area contributed by atoms with Gasteiger partial charge in [0.25, 0.3) is 5.91 Å². The first kappa shape index (κ1) is 15.1. The maximum absolute atomic E-state index is 11.7. The van der Waals surface area contributed by atoms with E-state index < -0.39 is 5.91 Å². The summed E-state index contributed by atoms with van der Waals surface area (Å²) in [5, 5.41) is 3.40. The van der Waals surface area contributed by atoms with Crippen molar-refractivity contribution < 1.29 is 14.3 Å². The molecule has 4 nitrogen and oxygen atoms in total. The molecule has 0 aromatic heterocycles. The summed E-state index contributed by atoms with van der Waals surface area (Å²) < 4.78 is 5.00. The van der Waals surface area contributed by atoms with Gasteiger partial charge in [0.1, 0.15) is 0 Å². The summed E-state index contributed by atoms with van der Waals surface area (Å²) in [6.07, 6.45) is 3.80. The molecule has 1 saturated carbocycles. The van der Waals surface area contributed by atoms with Gasteiger partial charge in [0.15, 0.2) is 6.61 Å². The van der Waals surface area contributed by atoms with Crippen LogP contribution in [-0.2, 0) is 14.3 Å². The van der Waals surface area contributed by atoms with Gasteiger partial charge in [-0.3, -0.25) is 9.59 Å². The number of hydrogen-bond donors (Lipinski definition) is 1. The van der Waals surface area contributed by atoms with Crippen LogP contribution in [0.15, 0.2) is 18.2 Å². The molecule has 1 amide bonds. The average molecular weight is 316 g/mol. The Morgan fingerprint density at radius 3 is 2.60 bits per heavy atom. The second-order valence-corrected chi connectivity index (χ2v) is 5.61. The third-order valence-corrected chi connectivity index (χ3v) is 3.79. The average Bonchev–Trinajstić information content (AvgIpc) is 2.93. The van der Waals surface area contributed by atoms with E-state index in [9.17, 15) is 9.59 Å². The van der Waals surface area contributed by atoms with Crippen LogP contribution in [0, 0.1) is 5.92 Å². The Hall–Kier alpha value is -1.26. The molecule has 0 unspecified atom stereocenters. The lowest BCUT2D eigenvalue weighted by Crippen LogP contribution is -2.23. The molecular formula is C14H15Cl2NO3. The molecule has 0 saturated heterocycles. The molecular weight excluding hydrogens is 301 g/mol. The number of carbonyl (C=O) groups excluding carboxylic acids is 2. The quantitative estimate of drug-likeness (QED) is 0.862. The molecule has 1 aromatic rings. The van der Waals surface area contributed by atoms with Gasteiger partial charge in [0.05, 0.1) is 16.6 Å². The van der Waals surface area contributed by atoms with Crippen molar-refractivity contribution >= 4 is 40.8 Å². The second kappa shape index (κ2) is 6.95. The maximum Gasteiger partial charge on any atom is 0.309 e. The molecule has 0 radical (unpaired) electrons. The van der Waals surface area contributed by atoms with Crippen LogP contribution in [-0.4, -0.2) is 18.5 Å². The van der Waals surface area contributed by atoms with Crippen molar-refractivity contribution in [3.8, 4) is 0 Å². The van der Waals surface area contributed by atoms with E-state index >= 15 is 0 Å². The van der Waals surface area contributed by atoms with Gasteiger partial charge in [-0.1, -0.05) is 36.0 Å². The summed E-state index contributed by atoms with van der Waals surface area (Å²) in [4.78, 5) is 23.4. The minimum absolute atomic E-state index is 0.0538. The van der Waals surface area contributed by atoms with E-state index in [2.05, 4.69) is 5.32 Å². The molecule has 1 aromatic carbocycles.